The maximum atomic E-state index is 10.9. The lowest BCUT2D eigenvalue weighted by atomic mass is 9.87. The predicted octanol–water partition coefficient (Wildman–Crippen LogP) is 3.20. The van der Waals surface area contributed by atoms with Crippen LogP contribution in [0.15, 0.2) is 23.5 Å². The van der Waals surface area contributed by atoms with Gasteiger partial charge in [-0.2, -0.15) is 0 Å². The second kappa shape index (κ2) is 4.45. The fourth-order valence-electron chi connectivity index (χ4n) is 1.80. The van der Waals surface area contributed by atoms with E-state index in [0.29, 0.717) is 5.92 Å². The second-order valence-corrected chi connectivity index (χ2v) is 4.12. The van der Waals surface area contributed by atoms with Crippen LogP contribution in [0.2, 0.25) is 0 Å². The molecule has 0 aromatic carbocycles. The van der Waals surface area contributed by atoms with E-state index in [-0.39, 0.29) is 5.97 Å². The quantitative estimate of drug-likeness (QED) is 0.631. The third-order valence-corrected chi connectivity index (χ3v) is 2.54. The van der Waals surface area contributed by atoms with Crippen LogP contribution in [0.25, 0.3) is 0 Å². The molecule has 1 unspecified atom stereocenters. The molecular formula is C12H18O2. The molecule has 0 radical (unpaired) electrons. The molecule has 0 heterocycles. The van der Waals surface area contributed by atoms with Crippen LogP contribution in [0.1, 0.15) is 40.0 Å². The summed E-state index contributed by atoms with van der Waals surface area (Å²) >= 11 is 0. The third-order valence-electron chi connectivity index (χ3n) is 2.54. The largest absolute Gasteiger partial charge is 0.431 e. The van der Waals surface area contributed by atoms with Crippen molar-refractivity contribution in [2.24, 2.45) is 5.92 Å². The molecular weight excluding hydrogens is 176 g/mol. The van der Waals surface area contributed by atoms with E-state index < -0.39 is 0 Å². The number of hydrogen-bond acceptors (Lipinski definition) is 2. The normalized spacial score (nSPS) is 22.1. The van der Waals surface area contributed by atoms with Gasteiger partial charge in [0.2, 0.25) is 0 Å². The van der Waals surface area contributed by atoms with Crippen molar-refractivity contribution in [3.63, 3.8) is 0 Å². The summed E-state index contributed by atoms with van der Waals surface area (Å²) in [7, 11) is 0. The minimum atomic E-state index is -0.229. The Morgan fingerprint density at radius 1 is 1.50 bits per heavy atom. The molecule has 0 spiro atoms. The first-order valence-corrected chi connectivity index (χ1v) is 5.07. The molecule has 1 aliphatic rings. The maximum absolute atomic E-state index is 10.9. The molecule has 0 saturated heterocycles. The first-order chi connectivity index (χ1) is 6.50. The van der Waals surface area contributed by atoms with Gasteiger partial charge in [-0.25, -0.2) is 0 Å². The molecule has 0 saturated carbocycles. The van der Waals surface area contributed by atoms with E-state index in [1.165, 1.54) is 6.92 Å². The Hall–Kier alpha value is -1.05. The number of carbonyl (C=O) groups is 1. The number of rotatable bonds is 2. The zero-order valence-corrected chi connectivity index (χ0v) is 9.22. The fraction of sp³-hybridized carbons (Fsp3) is 0.583. The average molecular weight is 194 g/mol. The smallest absolute Gasteiger partial charge is 0.307 e. The van der Waals surface area contributed by atoms with Gasteiger partial charge in [-0.15, -0.1) is 0 Å². The predicted molar refractivity (Wildman–Crippen MR) is 56.6 cm³/mol. The molecule has 0 bridgehead atoms. The number of ether oxygens (including phenoxy) is 1. The van der Waals surface area contributed by atoms with Crippen LogP contribution in [0, 0.1) is 5.92 Å². The molecule has 2 heteroatoms. The molecule has 0 N–H and O–H groups in total. The van der Waals surface area contributed by atoms with Crippen molar-refractivity contribution in [1.82, 2.24) is 0 Å². The minimum Gasteiger partial charge on any atom is -0.431 e. The minimum absolute atomic E-state index is 0.229. The number of esters is 1. The highest BCUT2D eigenvalue weighted by Crippen LogP contribution is 2.33. The molecule has 0 aromatic rings. The van der Waals surface area contributed by atoms with Crippen molar-refractivity contribution >= 4 is 5.97 Å². The summed E-state index contributed by atoms with van der Waals surface area (Å²) in [5, 5.41) is 0. The lowest BCUT2D eigenvalue weighted by molar-refractivity contribution is -0.137. The van der Waals surface area contributed by atoms with E-state index in [1.54, 1.807) is 0 Å². The van der Waals surface area contributed by atoms with E-state index in [2.05, 4.69) is 13.5 Å². The van der Waals surface area contributed by atoms with Gasteiger partial charge in [0.05, 0.1) is 0 Å². The summed E-state index contributed by atoms with van der Waals surface area (Å²) in [6.07, 6.45) is 3.01. The van der Waals surface area contributed by atoms with Crippen LogP contribution in [0.4, 0.5) is 0 Å². The van der Waals surface area contributed by atoms with E-state index in [0.717, 1.165) is 36.2 Å². The van der Waals surface area contributed by atoms with Crippen LogP contribution in [-0.2, 0) is 9.53 Å². The van der Waals surface area contributed by atoms with Crippen LogP contribution in [0.3, 0.4) is 0 Å². The molecule has 14 heavy (non-hydrogen) atoms. The van der Waals surface area contributed by atoms with Gasteiger partial charge in [0, 0.05) is 13.3 Å². The molecule has 1 atom stereocenters. The monoisotopic (exact) mass is 194 g/mol. The van der Waals surface area contributed by atoms with Crippen molar-refractivity contribution in [2.45, 2.75) is 40.0 Å². The van der Waals surface area contributed by atoms with Gasteiger partial charge >= 0.3 is 5.97 Å². The summed E-state index contributed by atoms with van der Waals surface area (Å²) in [6.45, 7) is 9.51. The topological polar surface area (TPSA) is 26.3 Å². The fourth-order valence-corrected chi connectivity index (χ4v) is 1.80. The average Bonchev–Trinajstić information content (AvgIpc) is 2.01. The zero-order chi connectivity index (χ0) is 10.7. The number of carbonyl (C=O) groups excluding carboxylic acids is 1. The SMILES string of the molecule is C=C(C)C1=C(OC(C)=O)CC(C)CC1. The highest BCUT2D eigenvalue weighted by Gasteiger charge is 2.20. The van der Waals surface area contributed by atoms with Gasteiger partial charge in [0.1, 0.15) is 5.76 Å². The van der Waals surface area contributed by atoms with Crippen LogP contribution in [0.5, 0.6) is 0 Å². The van der Waals surface area contributed by atoms with Crippen LogP contribution >= 0.6 is 0 Å². The van der Waals surface area contributed by atoms with Crippen molar-refractivity contribution in [1.29, 1.82) is 0 Å². The van der Waals surface area contributed by atoms with Crippen molar-refractivity contribution in [3.8, 4) is 0 Å². The molecule has 0 aromatic heterocycles. The van der Waals surface area contributed by atoms with Crippen molar-refractivity contribution in [3.05, 3.63) is 23.5 Å². The van der Waals surface area contributed by atoms with E-state index in [4.69, 9.17) is 4.74 Å². The van der Waals surface area contributed by atoms with Crippen molar-refractivity contribution in [2.75, 3.05) is 0 Å². The van der Waals surface area contributed by atoms with Gasteiger partial charge in [0.15, 0.2) is 0 Å². The lowest BCUT2D eigenvalue weighted by Gasteiger charge is -2.24. The summed E-state index contributed by atoms with van der Waals surface area (Å²) in [5.41, 5.74) is 2.16. The summed E-state index contributed by atoms with van der Waals surface area (Å²) in [6, 6.07) is 0. The van der Waals surface area contributed by atoms with Gasteiger partial charge in [-0.1, -0.05) is 19.1 Å². The number of hydrogen-bond donors (Lipinski definition) is 0. The highest BCUT2D eigenvalue weighted by molar-refractivity contribution is 5.67. The van der Waals surface area contributed by atoms with Crippen molar-refractivity contribution < 1.29 is 9.53 Å². The summed E-state index contributed by atoms with van der Waals surface area (Å²) in [4.78, 5) is 10.9. The Bertz CT molecular complexity index is 287. The van der Waals surface area contributed by atoms with Crippen LogP contribution in [-0.4, -0.2) is 5.97 Å². The molecule has 1 rings (SSSR count). The maximum Gasteiger partial charge on any atom is 0.307 e. The zero-order valence-electron chi connectivity index (χ0n) is 9.22. The molecule has 0 aliphatic heterocycles. The van der Waals surface area contributed by atoms with Gasteiger partial charge in [-0.3, -0.25) is 4.79 Å². The lowest BCUT2D eigenvalue weighted by Crippen LogP contribution is -2.12. The highest BCUT2D eigenvalue weighted by atomic mass is 16.5. The number of allylic oxidation sites excluding steroid dienone is 3. The third kappa shape index (κ3) is 2.72. The Morgan fingerprint density at radius 3 is 2.64 bits per heavy atom. The molecule has 1 aliphatic carbocycles. The molecule has 2 nitrogen and oxygen atoms in total. The van der Waals surface area contributed by atoms with E-state index in [9.17, 15) is 4.79 Å². The van der Waals surface area contributed by atoms with Gasteiger partial charge < -0.3 is 4.74 Å². The molecule has 0 fully saturated rings. The Kier molecular flexibility index (Phi) is 3.50. The molecule has 78 valence electrons. The van der Waals surface area contributed by atoms with E-state index >= 15 is 0 Å². The standard InChI is InChI=1S/C12H18O2/c1-8(2)11-6-5-9(3)7-12(11)14-10(4)13/h9H,1,5-7H2,2-4H3. The van der Waals surface area contributed by atoms with Gasteiger partial charge in [-0.05, 0) is 31.3 Å². The Balaban J connectivity index is 2.88. The summed E-state index contributed by atoms with van der Waals surface area (Å²) < 4.78 is 5.22. The first kappa shape index (κ1) is 11.0. The molecule has 0 amide bonds. The Morgan fingerprint density at radius 2 is 2.14 bits per heavy atom. The Labute approximate surface area is 85.6 Å². The first-order valence-electron chi connectivity index (χ1n) is 5.07. The van der Waals surface area contributed by atoms with Crippen LogP contribution < -0.4 is 0 Å². The van der Waals surface area contributed by atoms with Gasteiger partial charge in [0.25, 0.3) is 0 Å². The summed E-state index contributed by atoms with van der Waals surface area (Å²) in [5.74, 6) is 1.21. The van der Waals surface area contributed by atoms with E-state index in [1.807, 2.05) is 6.92 Å². The second-order valence-electron chi connectivity index (χ2n) is 4.12.